The minimum atomic E-state index is 0.705. The first-order chi connectivity index (χ1) is 6.90. The van der Waals surface area contributed by atoms with Crippen LogP contribution in [0.25, 0.3) is 0 Å². The summed E-state index contributed by atoms with van der Waals surface area (Å²) in [7, 11) is 0. The van der Waals surface area contributed by atoms with Gasteiger partial charge < -0.3 is 5.73 Å². The highest BCUT2D eigenvalue weighted by atomic mass is 32.2. The van der Waals surface area contributed by atoms with E-state index < -0.39 is 0 Å². The molecule has 1 aliphatic heterocycles. The number of nitrogens with two attached hydrogens (primary N) is 1. The molecule has 2 heterocycles. The SMILES string of the molecule is NCCc1nc(C2CCCSC2)cs1. The van der Waals surface area contributed by atoms with Crippen molar-refractivity contribution in [2.45, 2.75) is 25.2 Å². The summed E-state index contributed by atoms with van der Waals surface area (Å²) in [6.07, 6.45) is 3.60. The predicted octanol–water partition coefficient (Wildman–Crippen LogP) is 2.25. The minimum Gasteiger partial charge on any atom is -0.330 e. The molecule has 1 aromatic heterocycles. The average molecular weight is 228 g/mol. The van der Waals surface area contributed by atoms with Crippen LogP contribution in [0.15, 0.2) is 5.38 Å². The van der Waals surface area contributed by atoms with Crippen LogP contribution in [-0.2, 0) is 6.42 Å². The summed E-state index contributed by atoms with van der Waals surface area (Å²) < 4.78 is 0. The van der Waals surface area contributed by atoms with Gasteiger partial charge in [0.2, 0.25) is 0 Å². The third-order valence-corrected chi connectivity index (χ3v) is 4.65. The molecule has 0 saturated carbocycles. The van der Waals surface area contributed by atoms with Crippen molar-refractivity contribution in [3.63, 3.8) is 0 Å². The average Bonchev–Trinajstić information content (AvgIpc) is 2.68. The molecule has 1 unspecified atom stereocenters. The molecule has 0 radical (unpaired) electrons. The number of hydrogen-bond acceptors (Lipinski definition) is 4. The van der Waals surface area contributed by atoms with E-state index in [-0.39, 0.29) is 0 Å². The zero-order chi connectivity index (χ0) is 9.80. The second-order valence-electron chi connectivity index (χ2n) is 3.62. The molecular weight excluding hydrogens is 212 g/mol. The fourth-order valence-electron chi connectivity index (χ4n) is 1.72. The number of nitrogens with zero attached hydrogens (tertiary/aromatic N) is 1. The highest BCUT2D eigenvalue weighted by molar-refractivity contribution is 7.99. The molecule has 0 spiro atoms. The molecule has 14 heavy (non-hydrogen) atoms. The van der Waals surface area contributed by atoms with Gasteiger partial charge in [-0.05, 0) is 25.1 Å². The Morgan fingerprint density at radius 3 is 3.21 bits per heavy atom. The van der Waals surface area contributed by atoms with Crippen LogP contribution in [0, 0.1) is 0 Å². The molecule has 0 amide bonds. The summed E-state index contributed by atoms with van der Waals surface area (Å²) in [5.74, 6) is 3.29. The lowest BCUT2D eigenvalue weighted by Crippen LogP contribution is -2.09. The minimum absolute atomic E-state index is 0.705. The fraction of sp³-hybridized carbons (Fsp3) is 0.700. The maximum Gasteiger partial charge on any atom is 0.0940 e. The molecule has 1 saturated heterocycles. The van der Waals surface area contributed by atoms with Crippen molar-refractivity contribution in [2.75, 3.05) is 18.1 Å². The van der Waals surface area contributed by atoms with Gasteiger partial charge in [-0.2, -0.15) is 11.8 Å². The maximum atomic E-state index is 5.51. The number of hydrogen-bond donors (Lipinski definition) is 1. The van der Waals surface area contributed by atoms with Gasteiger partial charge in [0.1, 0.15) is 0 Å². The van der Waals surface area contributed by atoms with Gasteiger partial charge in [0.25, 0.3) is 0 Å². The Labute approximate surface area is 93.3 Å². The van der Waals surface area contributed by atoms with E-state index in [1.54, 1.807) is 11.3 Å². The number of rotatable bonds is 3. The van der Waals surface area contributed by atoms with E-state index in [1.807, 2.05) is 0 Å². The molecular formula is C10H16N2S2. The van der Waals surface area contributed by atoms with Gasteiger partial charge in [0, 0.05) is 23.5 Å². The van der Waals surface area contributed by atoms with Gasteiger partial charge in [-0.25, -0.2) is 4.98 Å². The third-order valence-electron chi connectivity index (χ3n) is 2.51. The van der Waals surface area contributed by atoms with Crippen LogP contribution in [0.1, 0.15) is 29.5 Å². The highest BCUT2D eigenvalue weighted by Gasteiger charge is 2.18. The second-order valence-corrected chi connectivity index (χ2v) is 5.71. The molecule has 0 aromatic carbocycles. The Morgan fingerprint density at radius 1 is 1.57 bits per heavy atom. The van der Waals surface area contributed by atoms with E-state index in [9.17, 15) is 0 Å². The van der Waals surface area contributed by atoms with Crippen LogP contribution in [-0.4, -0.2) is 23.0 Å². The molecule has 78 valence electrons. The van der Waals surface area contributed by atoms with Crippen molar-refractivity contribution in [2.24, 2.45) is 5.73 Å². The first kappa shape index (κ1) is 10.5. The summed E-state index contributed by atoms with van der Waals surface area (Å²) in [6, 6.07) is 0. The summed E-state index contributed by atoms with van der Waals surface area (Å²) >= 11 is 3.83. The monoisotopic (exact) mass is 228 g/mol. The van der Waals surface area contributed by atoms with Crippen molar-refractivity contribution in [3.8, 4) is 0 Å². The van der Waals surface area contributed by atoms with Gasteiger partial charge in [-0.15, -0.1) is 11.3 Å². The zero-order valence-electron chi connectivity index (χ0n) is 8.24. The lowest BCUT2D eigenvalue weighted by Gasteiger charge is -2.19. The van der Waals surface area contributed by atoms with E-state index >= 15 is 0 Å². The Hall–Kier alpha value is -0.0600. The van der Waals surface area contributed by atoms with Crippen molar-refractivity contribution >= 4 is 23.1 Å². The summed E-state index contributed by atoms with van der Waals surface area (Å²) in [6.45, 7) is 0.715. The van der Waals surface area contributed by atoms with Crippen LogP contribution < -0.4 is 5.73 Å². The van der Waals surface area contributed by atoms with E-state index in [1.165, 1.54) is 35.0 Å². The van der Waals surface area contributed by atoms with Gasteiger partial charge in [0.15, 0.2) is 0 Å². The first-order valence-electron chi connectivity index (χ1n) is 5.12. The van der Waals surface area contributed by atoms with Crippen molar-refractivity contribution < 1.29 is 0 Å². The van der Waals surface area contributed by atoms with Gasteiger partial charge in [-0.1, -0.05) is 0 Å². The molecule has 1 atom stereocenters. The molecule has 1 aliphatic rings. The third kappa shape index (κ3) is 2.49. The Morgan fingerprint density at radius 2 is 2.50 bits per heavy atom. The first-order valence-corrected chi connectivity index (χ1v) is 7.15. The van der Waals surface area contributed by atoms with Gasteiger partial charge >= 0.3 is 0 Å². The Kier molecular flexibility index (Phi) is 3.84. The maximum absolute atomic E-state index is 5.51. The van der Waals surface area contributed by atoms with Crippen molar-refractivity contribution in [3.05, 3.63) is 16.1 Å². The lowest BCUT2D eigenvalue weighted by molar-refractivity contribution is 0.644. The van der Waals surface area contributed by atoms with Crippen molar-refractivity contribution in [1.29, 1.82) is 0 Å². The fourth-order valence-corrected chi connectivity index (χ4v) is 3.78. The molecule has 1 aromatic rings. The summed E-state index contributed by atoms with van der Waals surface area (Å²) in [4.78, 5) is 4.65. The largest absolute Gasteiger partial charge is 0.330 e. The molecule has 2 rings (SSSR count). The highest BCUT2D eigenvalue weighted by Crippen LogP contribution is 2.31. The predicted molar refractivity (Wildman–Crippen MR) is 64.2 cm³/mol. The van der Waals surface area contributed by atoms with Gasteiger partial charge in [0.05, 0.1) is 10.7 Å². The smallest absolute Gasteiger partial charge is 0.0940 e. The molecule has 2 N–H and O–H groups in total. The standard InChI is InChI=1S/C10H16N2S2/c11-4-3-10-12-9(7-14-10)8-2-1-5-13-6-8/h7-8H,1-6,11H2. The molecule has 1 fully saturated rings. The topological polar surface area (TPSA) is 38.9 Å². The molecule has 0 bridgehead atoms. The quantitative estimate of drug-likeness (QED) is 0.862. The van der Waals surface area contributed by atoms with E-state index in [4.69, 9.17) is 5.73 Å². The van der Waals surface area contributed by atoms with Crippen LogP contribution in [0.4, 0.5) is 0 Å². The number of thioether (sulfide) groups is 1. The lowest BCUT2D eigenvalue weighted by atomic mass is 10.0. The normalized spacial score (nSPS) is 22.5. The zero-order valence-corrected chi connectivity index (χ0v) is 9.87. The second kappa shape index (κ2) is 5.14. The summed E-state index contributed by atoms with van der Waals surface area (Å²) in [5, 5.41) is 3.43. The van der Waals surface area contributed by atoms with E-state index in [0.717, 1.165) is 6.42 Å². The van der Waals surface area contributed by atoms with Crippen molar-refractivity contribution in [1.82, 2.24) is 4.98 Å². The Balaban J connectivity index is 2.00. The van der Waals surface area contributed by atoms with Crippen LogP contribution in [0.5, 0.6) is 0 Å². The molecule has 4 heteroatoms. The molecule has 2 nitrogen and oxygen atoms in total. The van der Waals surface area contributed by atoms with Gasteiger partial charge in [-0.3, -0.25) is 0 Å². The van der Waals surface area contributed by atoms with E-state index in [0.29, 0.717) is 12.5 Å². The Bertz CT molecular complexity index is 279. The van der Waals surface area contributed by atoms with Crippen LogP contribution in [0.2, 0.25) is 0 Å². The molecule has 0 aliphatic carbocycles. The number of thiazole rings is 1. The van der Waals surface area contributed by atoms with E-state index in [2.05, 4.69) is 22.1 Å². The number of aromatic nitrogens is 1. The summed E-state index contributed by atoms with van der Waals surface area (Å²) in [5.41, 5.74) is 6.82. The van der Waals surface area contributed by atoms with Crippen LogP contribution >= 0.6 is 23.1 Å². The van der Waals surface area contributed by atoms with Crippen LogP contribution in [0.3, 0.4) is 0 Å².